The Balaban J connectivity index is 1.26. The van der Waals surface area contributed by atoms with Gasteiger partial charge in [-0.3, -0.25) is 0 Å². The van der Waals surface area contributed by atoms with Gasteiger partial charge in [0.2, 0.25) is 0 Å². The van der Waals surface area contributed by atoms with Gasteiger partial charge in [0, 0.05) is 64.1 Å². The lowest BCUT2D eigenvalue weighted by molar-refractivity contribution is 1.18. The van der Waals surface area contributed by atoms with Gasteiger partial charge in [0.05, 0.1) is 22.6 Å². The summed E-state index contributed by atoms with van der Waals surface area (Å²) in [5.41, 5.74) is 10.3. The molecule has 0 spiro atoms. The number of hydrogen-bond acceptors (Lipinski definition) is 4. The molecule has 10 rings (SSSR count). The SMILES string of the molecule is c1ccc(-c2cc(-c3cccc(-c4cc5c(-c6ccccc6)nc6ccccc6c5c5c4sc4ccccc45)c3)nc(-c3ccccc3)n2)cc1. The highest BCUT2D eigenvalue weighted by Crippen LogP contribution is 2.48. The molecule has 0 N–H and O–H groups in total. The van der Waals surface area contributed by atoms with Gasteiger partial charge in [0.1, 0.15) is 0 Å². The summed E-state index contributed by atoms with van der Waals surface area (Å²) in [6, 6.07) is 61.8. The molecular weight excluding hydrogens is 639 g/mol. The van der Waals surface area contributed by atoms with Crippen molar-refractivity contribution in [1.82, 2.24) is 15.0 Å². The van der Waals surface area contributed by atoms with Crippen LogP contribution in [-0.2, 0) is 0 Å². The summed E-state index contributed by atoms with van der Waals surface area (Å²) in [7, 11) is 0. The predicted octanol–water partition coefficient (Wildman–Crippen LogP) is 12.9. The van der Waals surface area contributed by atoms with E-state index in [1.807, 2.05) is 35.6 Å². The fourth-order valence-corrected chi connectivity index (χ4v) is 8.52. The minimum Gasteiger partial charge on any atom is -0.247 e. The smallest absolute Gasteiger partial charge is 0.160 e. The predicted molar refractivity (Wildman–Crippen MR) is 215 cm³/mol. The fraction of sp³-hybridized carbons (Fsp3) is 0. The molecule has 0 unspecified atom stereocenters. The van der Waals surface area contributed by atoms with Crippen LogP contribution in [-0.4, -0.2) is 15.0 Å². The summed E-state index contributed by atoms with van der Waals surface area (Å²) < 4.78 is 2.55. The average molecular weight is 668 g/mol. The van der Waals surface area contributed by atoms with Crippen LogP contribution in [0.2, 0.25) is 0 Å². The molecule has 0 bridgehead atoms. The average Bonchev–Trinajstić information content (AvgIpc) is 3.61. The van der Waals surface area contributed by atoms with E-state index in [1.165, 1.54) is 36.5 Å². The Morgan fingerprint density at radius 3 is 1.73 bits per heavy atom. The maximum Gasteiger partial charge on any atom is 0.160 e. The molecule has 0 aliphatic rings. The number of aromatic nitrogens is 3. The Hall–Kier alpha value is -6.49. The molecule has 0 saturated carbocycles. The van der Waals surface area contributed by atoms with Gasteiger partial charge in [0.25, 0.3) is 0 Å². The van der Waals surface area contributed by atoms with Crippen molar-refractivity contribution in [2.45, 2.75) is 0 Å². The summed E-state index contributed by atoms with van der Waals surface area (Å²) in [4.78, 5) is 15.5. The Labute approximate surface area is 299 Å². The number of nitrogens with zero attached hydrogens (tertiary/aromatic N) is 3. The van der Waals surface area contributed by atoms with Gasteiger partial charge >= 0.3 is 0 Å². The van der Waals surface area contributed by atoms with E-state index in [1.54, 1.807) is 0 Å². The minimum absolute atomic E-state index is 0.709. The molecule has 0 aliphatic heterocycles. The van der Waals surface area contributed by atoms with Crippen molar-refractivity contribution in [3.8, 4) is 56.3 Å². The third kappa shape index (κ3) is 5.08. The lowest BCUT2D eigenvalue weighted by Crippen LogP contribution is -1.96. The molecule has 7 aromatic carbocycles. The molecule has 0 aliphatic carbocycles. The van der Waals surface area contributed by atoms with Crippen LogP contribution in [0, 0.1) is 0 Å². The zero-order valence-corrected chi connectivity index (χ0v) is 28.3. The molecule has 238 valence electrons. The van der Waals surface area contributed by atoms with E-state index in [2.05, 4.69) is 152 Å². The fourth-order valence-electron chi connectivity index (χ4n) is 7.27. The van der Waals surface area contributed by atoms with Gasteiger partial charge in [-0.15, -0.1) is 11.3 Å². The van der Waals surface area contributed by atoms with Crippen LogP contribution >= 0.6 is 11.3 Å². The van der Waals surface area contributed by atoms with Gasteiger partial charge in [0.15, 0.2) is 5.82 Å². The largest absolute Gasteiger partial charge is 0.247 e. The number of pyridine rings is 1. The van der Waals surface area contributed by atoms with Crippen LogP contribution in [0.1, 0.15) is 0 Å². The first kappa shape index (κ1) is 29.4. The number of thiophene rings is 1. The molecule has 4 heteroatoms. The standard InChI is InChI=1S/C47H29N3S/c1-4-15-30(16-5-1)40-29-41(50-47(49-40)32-19-8-3-9-20-32)34-22-14-21-33(27-34)37-28-38-43(44-36-24-11-13-26-42(36)51-46(37)44)35-23-10-12-25-39(35)48-45(38)31-17-6-2-7-18-31/h1-29H. The van der Waals surface area contributed by atoms with Gasteiger partial charge < -0.3 is 0 Å². The molecule has 0 fully saturated rings. The second kappa shape index (κ2) is 12.1. The summed E-state index contributed by atoms with van der Waals surface area (Å²) in [5, 5.41) is 6.12. The summed E-state index contributed by atoms with van der Waals surface area (Å²) in [6.07, 6.45) is 0. The van der Waals surface area contributed by atoms with E-state index in [9.17, 15) is 0 Å². The molecule has 0 saturated heterocycles. The summed E-state index contributed by atoms with van der Waals surface area (Å²) in [6.45, 7) is 0. The van der Waals surface area contributed by atoms with Crippen molar-refractivity contribution in [3.05, 3.63) is 176 Å². The van der Waals surface area contributed by atoms with Gasteiger partial charge in [-0.05, 0) is 35.9 Å². The second-order valence-corrected chi connectivity index (χ2v) is 13.8. The topological polar surface area (TPSA) is 38.7 Å². The molecular formula is C47H29N3S. The second-order valence-electron chi connectivity index (χ2n) is 12.8. The zero-order chi connectivity index (χ0) is 33.7. The van der Waals surface area contributed by atoms with Crippen LogP contribution in [0.5, 0.6) is 0 Å². The first-order chi connectivity index (χ1) is 25.3. The van der Waals surface area contributed by atoms with Gasteiger partial charge in [-0.1, -0.05) is 146 Å². The molecule has 0 radical (unpaired) electrons. The van der Waals surface area contributed by atoms with E-state index in [-0.39, 0.29) is 0 Å². The monoisotopic (exact) mass is 667 g/mol. The number of fused-ring (bicyclic) bond motifs is 7. The van der Waals surface area contributed by atoms with Crippen LogP contribution in [0.3, 0.4) is 0 Å². The normalized spacial score (nSPS) is 11.5. The lowest BCUT2D eigenvalue weighted by atomic mass is 9.91. The van der Waals surface area contributed by atoms with Crippen LogP contribution in [0.15, 0.2) is 176 Å². The molecule has 0 atom stereocenters. The van der Waals surface area contributed by atoms with Crippen molar-refractivity contribution < 1.29 is 0 Å². The highest BCUT2D eigenvalue weighted by atomic mass is 32.1. The lowest BCUT2D eigenvalue weighted by Gasteiger charge is -2.15. The first-order valence-electron chi connectivity index (χ1n) is 17.1. The number of hydrogen-bond donors (Lipinski definition) is 0. The Morgan fingerprint density at radius 1 is 0.373 bits per heavy atom. The third-order valence-corrected chi connectivity index (χ3v) is 10.9. The van der Waals surface area contributed by atoms with E-state index in [0.29, 0.717) is 5.82 Å². The molecule has 51 heavy (non-hydrogen) atoms. The zero-order valence-electron chi connectivity index (χ0n) is 27.5. The number of para-hydroxylation sites is 1. The third-order valence-electron chi connectivity index (χ3n) is 9.65. The van der Waals surface area contributed by atoms with Crippen molar-refractivity contribution in [2.24, 2.45) is 0 Å². The summed E-state index contributed by atoms with van der Waals surface area (Å²) in [5.74, 6) is 0.709. The van der Waals surface area contributed by atoms with E-state index in [4.69, 9.17) is 15.0 Å². The Morgan fingerprint density at radius 2 is 0.961 bits per heavy atom. The van der Waals surface area contributed by atoms with E-state index < -0.39 is 0 Å². The number of rotatable bonds is 5. The quantitative estimate of drug-likeness (QED) is 0.171. The molecule has 10 aromatic rings. The molecule has 0 amide bonds. The van der Waals surface area contributed by atoms with Crippen LogP contribution < -0.4 is 0 Å². The number of benzene rings is 7. The van der Waals surface area contributed by atoms with Crippen LogP contribution in [0.4, 0.5) is 0 Å². The minimum atomic E-state index is 0.709. The highest BCUT2D eigenvalue weighted by Gasteiger charge is 2.20. The maximum absolute atomic E-state index is 5.31. The van der Waals surface area contributed by atoms with Crippen molar-refractivity contribution >= 4 is 53.2 Å². The van der Waals surface area contributed by atoms with Gasteiger partial charge in [-0.2, -0.15) is 0 Å². The van der Waals surface area contributed by atoms with Crippen molar-refractivity contribution in [1.29, 1.82) is 0 Å². The first-order valence-corrected chi connectivity index (χ1v) is 17.9. The molecule has 3 nitrogen and oxygen atoms in total. The Bertz CT molecular complexity index is 2840. The van der Waals surface area contributed by atoms with Gasteiger partial charge in [-0.25, -0.2) is 15.0 Å². The van der Waals surface area contributed by atoms with Crippen molar-refractivity contribution in [2.75, 3.05) is 0 Å². The molecule has 3 aromatic heterocycles. The summed E-state index contributed by atoms with van der Waals surface area (Å²) >= 11 is 1.86. The van der Waals surface area contributed by atoms with Crippen LogP contribution in [0.25, 0.3) is 98.1 Å². The van der Waals surface area contributed by atoms with Crippen molar-refractivity contribution in [3.63, 3.8) is 0 Å². The van der Waals surface area contributed by atoms with E-state index in [0.717, 1.165) is 55.8 Å². The maximum atomic E-state index is 5.31. The Kier molecular flexibility index (Phi) is 7.00. The van der Waals surface area contributed by atoms with E-state index >= 15 is 0 Å². The molecule has 3 heterocycles. The highest BCUT2D eigenvalue weighted by molar-refractivity contribution is 7.26.